The normalized spacial score (nSPS) is 14.1. The average molecular weight is 1490 g/mol. The minimum absolute atomic E-state index is 0. The summed E-state index contributed by atoms with van der Waals surface area (Å²) in [5.74, 6) is 1.26. The molecule has 0 amide bonds. The molecule has 0 unspecified atom stereocenters. The van der Waals surface area contributed by atoms with Crippen LogP contribution in [0.4, 0.5) is 11.4 Å². The molecule has 1 aliphatic rings. The molecule has 1 aliphatic carbocycles. The summed E-state index contributed by atoms with van der Waals surface area (Å²) in [6, 6.07) is 24.9. The van der Waals surface area contributed by atoms with E-state index in [-0.39, 0.29) is 102 Å². The van der Waals surface area contributed by atoms with Gasteiger partial charge in [-0.3, -0.25) is 29.3 Å². The number of carbonyl (C=O) groups excluding carboxylic acids is 1. The second-order valence-electron chi connectivity index (χ2n) is 19.1. The molecule has 6 heterocycles. The van der Waals surface area contributed by atoms with Crippen molar-refractivity contribution in [2.45, 2.75) is 107 Å². The van der Waals surface area contributed by atoms with E-state index >= 15 is 0 Å². The number of anilines is 2. The molecular formula is C52H61BrCl2CsCuIN11O7S2. The molecule has 26 heteroatoms. The molecule has 2 aromatic carbocycles. The van der Waals surface area contributed by atoms with Crippen molar-refractivity contribution in [1.82, 2.24) is 45.2 Å². The van der Waals surface area contributed by atoms with Crippen molar-refractivity contribution in [2.24, 2.45) is 5.92 Å². The molecule has 9 rings (SSSR count). The van der Waals surface area contributed by atoms with E-state index in [9.17, 15) is 16.8 Å². The van der Waals surface area contributed by atoms with Crippen molar-refractivity contribution >= 4 is 119 Å². The fourth-order valence-electron chi connectivity index (χ4n) is 7.73. The van der Waals surface area contributed by atoms with Crippen molar-refractivity contribution in [2.75, 3.05) is 16.5 Å². The molecule has 0 bridgehead atoms. The number of pyridine rings is 4. The molecular weight excluding hydrogens is 1430 g/mol. The van der Waals surface area contributed by atoms with Gasteiger partial charge in [0.15, 0.2) is 5.82 Å². The SMILES string of the molecule is CC(C)(C)c1ccc(S(=O)(=O)Nc2cc(Cl)cnc2-n2ncc3ncccc32)cc1.CC(C)(C)c1ccc(S(=O)(=O)Nc2cc(Cl)cnc2Br)cc1.CC[C@@H]1CCCC[C@H]1NC.O=CO[O-].[Cs+].[Cu][I].c1cnc2cn[nH]c2c1. The number of fused-ring (bicyclic) bond motifs is 2. The van der Waals surface area contributed by atoms with E-state index in [1.54, 1.807) is 75.5 Å². The second-order valence-corrected chi connectivity index (χ2v) is 24.1. The Bertz CT molecular complexity index is 3320. The zero-order valence-electron chi connectivity index (χ0n) is 44.4. The summed E-state index contributed by atoms with van der Waals surface area (Å²) in [7, 11) is -5.46. The summed E-state index contributed by atoms with van der Waals surface area (Å²) in [6.07, 6.45) is 16.7. The van der Waals surface area contributed by atoms with Gasteiger partial charge in [0.05, 0.1) is 54.6 Å². The van der Waals surface area contributed by atoms with Crippen molar-refractivity contribution in [1.29, 1.82) is 0 Å². The molecule has 1 saturated carbocycles. The Hall–Kier alpha value is -2.77. The van der Waals surface area contributed by atoms with E-state index in [2.05, 4.69) is 139 Å². The zero-order chi connectivity index (χ0) is 57.0. The molecule has 6 aromatic heterocycles. The monoisotopic (exact) mass is 1490 g/mol. The quantitative estimate of drug-likeness (QED) is 0.0250. The van der Waals surface area contributed by atoms with E-state index in [4.69, 9.17) is 33.3 Å². The number of hydrogen-bond acceptors (Lipinski definition) is 14. The van der Waals surface area contributed by atoms with Crippen LogP contribution in [-0.4, -0.2) is 76.3 Å². The van der Waals surface area contributed by atoms with E-state index < -0.39 is 20.0 Å². The predicted molar refractivity (Wildman–Crippen MR) is 311 cm³/mol. The first kappa shape index (κ1) is 69.5. The molecule has 2 atom stereocenters. The minimum atomic E-state index is -3.86. The third-order valence-electron chi connectivity index (χ3n) is 11.8. The molecule has 18 nitrogen and oxygen atoms in total. The van der Waals surface area contributed by atoms with Crippen LogP contribution >= 0.6 is 59.5 Å². The van der Waals surface area contributed by atoms with Crippen molar-refractivity contribution in [3.63, 3.8) is 0 Å². The van der Waals surface area contributed by atoms with Gasteiger partial charge < -0.3 is 15.5 Å². The first-order valence-electron chi connectivity index (χ1n) is 23.8. The van der Waals surface area contributed by atoms with Crippen LogP contribution in [0.15, 0.2) is 137 Å². The molecule has 78 heavy (non-hydrogen) atoms. The number of rotatable bonds is 10. The largest absolute Gasteiger partial charge is 0.276 e. The topological polar surface area (TPSA) is 252 Å². The van der Waals surface area contributed by atoms with Crippen molar-refractivity contribution in [3.8, 4) is 5.82 Å². The summed E-state index contributed by atoms with van der Waals surface area (Å²) >= 11 is 21.0. The Labute approximate surface area is 553 Å². The molecule has 0 saturated heterocycles. The number of aromatic amines is 1. The molecule has 4 N–H and O–H groups in total. The molecule has 0 aliphatic heterocycles. The van der Waals surface area contributed by atoms with Crippen LogP contribution < -0.4 is 88.9 Å². The number of nitrogens with one attached hydrogen (secondary N) is 4. The first-order valence-corrected chi connectivity index (χ1v) is 31.3. The van der Waals surface area contributed by atoms with Gasteiger partial charge in [-0.05, 0) is 124 Å². The summed E-state index contributed by atoms with van der Waals surface area (Å²) in [6.45, 7) is 14.6. The number of sulfonamides is 2. The number of H-pyrrole nitrogens is 1. The van der Waals surface area contributed by atoms with Gasteiger partial charge in [-0.25, -0.2) is 31.5 Å². The van der Waals surface area contributed by atoms with Gasteiger partial charge in [0.1, 0.15) is 15.6 Å². The first-order chi connectivity index (χ1) is 36.5. The fourth-order valence-corrected chi connectivity index (χ4v) is 10.6. The standard InChI is InChI=1S/C21H20ClN5O2S.C15H16BrClN2O2S.C9H19N.C6H5N3.CH2O3.Cs.Cu.HI/c1-21(2,3)14-6-8-16(9-7-14)30(28,29)26-17-11-15(22)12-24-20(17)27-19-5-4-10-23-18(19)13-25-27;1-15(2,3)10-4-6-12(7-5-10)22(20,21)19-13-8-11(17)9-18-14(13)16;1-3-8-6-4-5-7-9(8)10-2;1-2-5-6(7-3-1)4-8-9-5;2-1-4-3;;;/h4-13,26H,1-3H3;4-9,19H,1-3H3;8-10H,3-7H2,1-2H3;1-4H,(H,8,9);1,3H;;;1H/q;;;;;2*+1;/p-2/t;;8-,9-;;;;;/m..1...../s1. The van der Waals surface area contributed by atoms with Crippen LogP contribution in [0.1, 0.15) is 91.7 Å². The number of benzene rings is 2. The maximum Gasteiger partial charge on any atom is 0.108 e. The van der Waals surface area contributed by atoms with Gasteiger partial charge in [0.25, 0.3) is 26.5 Å². The molecule has 418 valence electrons. The summed E-state index contributed by atoms with van der Waals surface area (Å²) < 4.78 is 57.9. The summed E-state index contributed by atoms with van der Waals surface area (Å²) in [5.41, 5.74) is 5.78. The Morgan fingerprint density at radius 3 is 1.77 bits per heavy atom. The minimum Gasteiger partial charge on any atom is -0.276 e. The average Bonchev–Trinajstić information content (AvgIpc) is 4.12. The molecule has 0 spiro atoms. The Balaban J connectivity index is 0.000000289. The number of aromatic nitrogens is 8. The maximum atomic E-state index is 13.0. The number of carbonyl (C=O) groups is 1. The van der Waals surface area contributed by atoms with Crippen LogP contribution in [-0.2, 0) is 53.3 Å². The van der Waals surface area contributed by atoms with Crippen molar-refractivity contribution in [3.05, 3.63) is 148 Å². The maximum absolute atomic E-state index is 13.0. The fraction of sp³-hybridized carbons (Fsp3) is 0.327. The number of halogens is 4. The molecule has 1 fully saturated rings. The van der Waals surface area contributed by atoms with Crippen molar-refractivity contribution < 1.29 is 113 Å². The van der Waals surface area contributed by atoms with E-state index in [0.29, 0.717) is 37.2 Å². The van der Waals surface area contributed by atoms with E-state index in [1.165, 1.54) is 61.3 Å². The van der Waals surface area contributed by atoms with Crippen LogP contribution in [0.3, 0.4) is 0 Å². The molecule has 0 radical (unpaired) electrons. The zero-order valence-corrected chi connectivity index (χ0v) is 58.5. The molecule has 8 aromatic rings. The Morgan fingerprint density at radius 2 is 1.27 bits per heavy atom. The number of hydrogen-bond donors (Lipinski definition) is 4. The smallest absolute Gasteiger partial charge is 0.108 e. The van der Waals surface area contributed by atoms with Crippen LogP contribution in [0.5, 0.6) is 0 Å². The Kier molecular flexibility index (Phi) is 29.7. The van der Waals surface area contributed by atoms with Crippen LogP contribution in [0.2, 0.25) is 10.0 Å². The third kappa shape index (κ3) is 21.2. The van der Waals surface area contributed by atoms with E-state index in [0.717, 1.165) is 34.1 Å². The Morgan fingerprint density at radius 1 is 0.769 bits per heavy atom. The van der Waals surface area contributed by atoms with Gasteiger partial charge in [0.2, 0.25) is 0 Å². The van der Waals surface area contributed by atoms with E-state index in [1.807, 2.05) is 42.5 Å². The third-order valence-corrected chi connectivity index (χ3v) is 15.6. The van der Waals surface area contributed by atoms with Gasteiger partial charge in [0, 0.05) is 30.8 Å². The summed E-state index contributed by atoms with van der Waals surface area (Å²) in [4.78, 5) is 28.1. The van der Waals surface area contributed by atoms with Gasteiger partial charge >= 0.3 is 102 Å². The summed E-state index contributed by atoms with van der Waals surface area (Å²) in [5, 5.41) is 23.4. The van der Waals surface area contributed by atoms with Crippen LogP contribution in [0.25, 0.3) is 27.9 Å². The van der Waals surface area contributed by atoms with Gasteiger partial charge in [-0.1, -0.05) is 115 Å². The second kappa shape index (κ2) is 33.4. The predicted octanol–water partition coefficient (Wildman–Crippen LogP) is 8.62. The number of nitrogens with zero attached hydrogens (tertiary/aromatic N) is 7. The van der Waals surface area contributed by atoms with Gasteiger partial charge in [-0.2, -0.15) is 10.2 Å². The van der Waals surface area contributed by atoms with Crippen LogP contribution in [0, 0.1) is 5.92 Å². The van der Waals surface area contributed by atoms with Gasteiger partial charge in [-0.15, -0.1) is 0 Å².